The van der Waals surface area contributed by atoms with Gasteiger partial charge in [-0.1, -0.05) is 24.3 Å². The lowest BCUT2D eigenvalue weighted by atomic mass is 10.1. The van der Waals surface area contributed by atoms with Crippen LogP contribution >= 0.6 is 11.3 Å². The maximum Gasteiger partial charge on any atom is 0.340 e. The number of ether oxygens (including phenoxy) is 2. The standard InChI is InChI=1S/C25H23N3O5S/c1-16-15-34-24(27-16)20(13-26)22(29)14-33-25(31)19-5-3-4-6-21(19)28-23(30)12-9-17-7-10-18(32-2)11-8-17/h3-8,10-11,15,20H,9,12,14H2,1-2H3,(H,28,30)/t20-/m0/s1. The van der Waals surface area contributed by atoms with E-state index in [4.69, 9.17) is 9.47 Å². The Morgan fingerprint density at radius 2 is 1.88 bits per heavy atom. The largest absolute Gasteiger partial charge is 0.497 e. The third-order valence-electron chi connectivity index (χ3n) is 4.90. The number of amides is 1. The van der Waals surface area contributed by atoms with Gasteiger partial charge in [0.15, 0.2) is 18.3 Å². The van der Waals surface area contributed by atoms with Gasteiger partial charge < -0.3 is 14.8 Å². The van der Waals surface area contributed by atoms with Crippen LogP contribution < -0.4 is 10.1 Å². The lowest BCUT2D eigenvalue weighted by Gasteiger charge is -2.11. The Kier molecular flexibility index (Phi) is 8.48. The fourth-order valence-corrected chi connectivity index (χ4v) is 3.96. The molecule has 1 N–H and O–H groups in total. The van der Waals surface area contributed by atoms with Gasteiger partial charge in [-0.3, -0.25) is 9.59 Å². The predicted molar refractivity (Wildman–Crippen MR) is 127 cm³/mol. The van der Waals surface area contributed by atoms with Gasteiger partial charge in [-0.25, -0.2) is 9.78 Å². The van der Waals surface area contributed by atoms with Gasteiger partial charge in [-0.15, -0.1) is 11.3 Å². The molecule has 0 aliphatic carbocycles. The molecule has 1 atom stereocenters. The number of hydrogen-bond acceptors (Lipinski definition) is 8. The minimum Gasteiger partial charge on any atom is -0.497 e. The summed E-state index contributed by atoms with van der Waals surface area (Å²) in [4.78, 5) is 41.7. The molecule has 0 bridgehead atoms. The maximum absolute atomic E-state index is 12.6. The van der Waals surface area contributed by atoms with Crippen molar-refractivity contribution in [3.63, 3.8) is 0 Å². The number of para-hydroxylation sites is 1. The number of nitrogens with zero attached hydrogens (tertiary/aromatic N) is 2. The Bertz CT molecular complexity index is 1210. The molecule has 0 fully saturated rings. The summed E-state index contributed by atoms with van der Waals surface area (Å²) in [5.74, 6) is -1.96. The van der Waals surface area contributed by atoms with Gasteiger partial charge in [-0.2, -0.15) is 5.26 Å². The summed E-state index contributed by atoms with van der Waals surface area (Å²) in [6.45, 7) is 1.19. The number of benzene rings is 2. The molecule has 3 rings (SSSR count). The summed E-state index contributed by atoms with van der Waals surface area (Å²) in [6, 6.07) is 15.7. The second-order valence-electron chi connectivity index (χ2n) is 7.37. The Morgan fingerprint density at radius 3 is 2.53 bits per heavy atom. The minimum absolute atomic E-state index is 0.117. The monoisotopic (exact) mass is 477 g/mol. The van der Waals surface area contributed by atoms with Crippen molar-refractivity contribution in [2.24, 2.45) is 0 Å². The van der Waals surface area contributed by atoms with Crippen LogP contribution in [0.15, 0.2) is 53.9 Å². The summed E-state index contributed by atoms with van der Waals surface area (Å²) in [5.41, 5.74) is 2.09. The van der Waals surface area contributed by atoms with Crippen molar-refractivity contribution in [2.75, 3.05) is 19.0 Å². The summed E-state index contributed by atoms with van der Waals surface area (Å²) in [7, 11) is 1.59. The first kappa shape index (κ1) is 24.6. The van der Waals surface area contributed by atoms with E-state index in [-0.39, 0.29) is 23.6 Å². The van der Waals surface area contributed by atoms with Crippen LogP contribution in [0.1, 0.15) is 39.0 Å². The number of nitriles is 1. The molecule has 34 heavy (non-hydrogen) atoms. The zero-order chi connectivity index (χ0) is 24.5. The molecule has 0 saturated carbocycles. The molecule has 174 valence electrons. The third-order valence-corrected chi connectivity index (χ3v) is 5.93. The number of nitrogens with one attached hydrogen (secondary N) is 1. The number of thiazole rings is 1. The second kappa shape index (κ2) is 11.7. The molecule has 0 spiro atoms. The van der Waals surface area contributed by atoms with E-state index >= 15 is 0 Å². The van der Waals surface area contributed by atoms with Crippen LogP contribution in [-0.2, 0) is 20.7 Å². The van der Waals surface area contributed by atoms with E-state index in [9.17, 15) is 19.6 Å². The Hall–Kier alpha value is -4.03. The first-order valence-corrected chi connectivity index (χ1v) is 11.3. The van der Waals surface area contributed by atoms with Crippen molar-refractivity contribution in [1.82, 2.24) is 4.98 Å². The summed E-state index contributed by atoms with van der Waals surface area (Å²) in [5, 5.41) is 14.2. The summed E-state index contributed by atoms with van der Waals surface area (Å²) < 4.78 is 10.3. The average molecular weight is 478 g/mol. The number of aromatic nitrogens is 1. The molecule has 0 radical (unpaired) electrons. The Morgan fingerprint density at radius 1 is 1.15 bits per heavy atom. The van der Waals surface area contributed by atoms with Crippen LogP contribution in [0.2, 0.25) is 0 Å². The lowest BCUT2D eigenvalue weighted by molar-refractivity contribution is -0.122. The normalized spacial score (nSPS) is 11.2. The van der Waals surface area contributed by atoms with E-state index in [0.29, 0.717) is 17.1 Å². The molecule has 9 heteroatoms. The van der Waals surface area contributed by atoms with Crippen LogP contribution in [0, 0.1) is 18.3 Å². The number of rotatable bonds is 10. The number of esters is 1. The van der Waals surface area contributed by atoms with Crippen LogP contribution in [0.25, 0.3) is 0 Å². The van der Waals surface area contributed by atoms with Gasteiger partial charge in [0.1, 0.15) is 10.8 Å². The number of methoxy groups -OCH3 is 1. The van der Waals surface area contributed by atoms with E-state index in [2.05, 4.69) is 10.3 Å². The number of ketones is 1. The number of carbonyl (C=O) groups excluding carboxylic acids is 3. The van der Waals surface area contributed by atoms with Gasteiger partial charge in [-0.05, 0) is 43.2 Å². The molecule has 3 aromatic rings. The molecular weight excluding hydrogens is 454 g/mol. The molecule has 0 aliphatic heterocycles. The molecule has 1 aromatic heterocycles. The van der Waals surface area contributed by atoms with Crippen LogP contribution in [0.3, 0.4) is 0 Å². The van der Waals surface area contributed by atoms with Crippen molar-refractivity contribution in [1.29, 1.82) is 5.26 Å². The SMILES string of the molecule is COc1ccc(CCC(=O)Nc2ccccc2C(=O)OCC(=O)[C@H](C#N)c2nc(C)cs2)cc1. The highest BCUT2D eigenvalue weighted by Gasteiger charge is 2.25. The zero-order valence-electron chi connectivity index (χ0n) is 18.7. The highest BCUT2D eigenvalue weighted by molar-refractivity contribution is 7.09. The molecule has 8 nitrogen and oxygen atoms in total. The van der Waals surface area contributed by atoms with E-state index < -0.39 is 24.3 Å². The highest BCUT2D eigenvalue weighted by atomic mass is 32.1. The number of Topliss-reactive ketones (excluding diaryl/α,β-unsaturated/α-hetero) is 1. The lowest BCUT2D eigenvalue weighted by Crippen LogP contribution is -2.21. The number of aryl methyl sites for hydroxylation is 2. The van der Waals surface area contributed by atoms with E-state index in [0.717, 1.165) is 11.3 Å². The Labute approximate surface area is 201 Å². The number of carbonyl (C=O) groups is 3. The second-order valence-corrected chi connectivity index (χ2v) is 8.26. The molecule has 2 aromatic carbocycles. The predicted octanol–water partition coefficient (Wildman–Crippen LogP) is 4.06. The fraction of sp³-hybridized carbons (Fsp3) is 0.240. The van der Waals surface area contributed by atoms with Crippen molar-refractivity contribution >= 4 is 34.7 Å². The van der Waals surface area contributed by atoms with Crippen LogP contribution in [0.4, 0.5) is 5.69 Å². The molecule has 0 aliphatic rings. The smallest absolute Gasteiger partial charge is 0.340 e. The van der Waals surface area contributed by atoms with E-state index in [1.165, 1.54) is 17.4 Å². The fourth-order valence-electron chi connectivity index (χ4n) is 3.10. The number of hydrogen-bond donors (Lipinski definition) is 1. The van der Waals surface area contributed by atoms with Gasteiger partial charge in [0.2, 0.25) is 5.91 Å². The zero-order valence-corrected chi connectivity index (χ0v) is 19.6. The van der Waals surface area contributed by atoms with E-state index in [1.54, 1.807) is 37.6 Å². The van der Waals surface area contributed by atoms with Crippen LogP contribution in [-0.4, -0.2) is 36.4 Å². The number of anilines is 1. The first-order valence-electron chi connectivity index (χ1n) is 10.4. The third kappa shape index (κ3) is 6.49. The molecule has 1 amide bonds. The summed E-state index contributed by atoms with van der Waals surface area (Å²) in [6.07, 6.45) is 0.730. The highest BCUT2D eigenvalue weighted by Crippen LogP contribution is 2.22. The summed E-state index contributed by atoms with van der Waals surface area (Å²) >= 11 is 1.21. The van der Waals surface area contributed by atoms with Crippen molar-refractivity contribution in [3.05, 3.63) is 75.7 Å². The van der Waals surface area contributed by atoms with Crippen molar-refractivity contribution in [2.45, 2.75) is 25.7 Å². The molecule has 1 heterocycles. The van der Waals surface area contributed by atoms with E-state index in [1.807, 2.05) is 30.3 Å². The Balaban J connectivity index is 1.58. The quantitative estimate of drug-likeness (QED) is 0.437. The van der Waals surface area contributed by atoms with Gasteiger partial charge >= 0.3 is 5.97 Å². The van der Waals surface area contributed by atoms with Crippen molar-refractivity contribution < 1.29 is 23.9 Å². The van der Waals surface area contributed by atoms with Crippen LogP contribution in [0.5, 0.6) is 5.75 Å². The maximum atomic E-state index is 12.6. The minimum atomic E-state index is -1.10. The first-order chi connectivity index (χ1) is 16.4. The average Bonchev–Trinajstić information content (AvgIpc) is 3.28. The topological polar surface area (TPSA) is 118 Å². The van der Waals surface area contributed by atoms with Crippen molar-refractivity contribution in [3.8, 4) is 11.8 Å². The van der Waals surface area contributed by atoms with Gasteiger partial charge in [0.05, 0.1) is 24.4 Å². The molecular formula is C25H23N3O5S. The molecule has 0 unspecified atom stereocenters. The molecule has 0 saturated heterocycles. The van der Waals surface area contributed by atoms with Gasteiger partial charge in [0, 0.05) is 17.5 Å². The van der Waals surface area contributed by atoms with Gasteiger partial charge in [0.25, 0.3) is 0 Å².